The summed E-state index contributed by atoms with van der Waals surface area (Å²) < 4.78 is 11.8. The highest BCUT2D eigenvalue weighted by molar-refractivity contribution is 9.10. The molecule has 2 rings (SSSR count). The smallest absolute Gasteiger partial charge is 0.161 e. The van der Waals surface area contributed by atoms with Crippen LogP contribution in [0.15, 0.2) is 16.6 Å². The minimum Gasteiger partial charge on any atom is -0.493 e. The molecule has 0 saturated heterocycles. The van der Waals surface area contributed by atoms with E-state index in [1.54, 1.807) is 14.2 Å². The van der Waals surface area contributed by atoms with Gasteiger partial charge in [0.15, 0.2) is 11.5 Å². The lowest BCUT2D eigenvalue weighted by Gasteiger charge is -2.26. The second kappa shape index (κ2) is 7.32. The summed E-state index contributed by atoms with van der Waals surface area (Å²) in [5, 5.41) is 2.48. The van der Waals surface area contributed by atoms with Gasteiger partial charge in [-0.15, -0.1) is 0 Å². The van der Waals surface area contributed by atoms with Crippen LogP contribution in [0, 0.1) is 5.92 Å². The van der Waals surface area contributed by atoms with Crippen LogP contribution in [-0.2, 0) is 6.54 Å². The van der Waals surface area contributed by atoms with E-state index in [1.165, 1.54) is 31.2 Å². The average molecular weight is 343 g/mol. The van der Waals surface area contributed by atoms with Gasteiger partial charge in [0.05, 0.1) is 20.3 Å². The van der Waals surface area contributed by atoms with Crippen LogP contribution < -0.4 is 14.8 Å². The Morgan fingerprint density at radius 3 is 2.45 bits per heavy atom. The highest BCUT2D eigenvalue weighted by Gasteiger charge is 2.24. The van der Waals surface area contributed by atoms with E-state index in [1.807, 2.05) is 6.07 Å². The number of halogens is 1. The molecule has 0 spiro atoms. The van der Waals surface area contributed by atoms with Crippen molar-refractivity contribution in [3.63, 3.8) is 0 Å². The fraction of sp³-hybridized carbons (Fsp3) is 0.625. The minimum atomic E-state index is 0.753. The van der Waals surface area contributed by atoms with Gasteiger partial charge in [0.1, 0.15) is 6.54 Å². The van der Waals surface area contributed by atoms with Crippen molar-refractivity contribution in [3.05, 3.63) is 22.2 Å². The third kappa shape index (κ3) is 3.67. The Morgan fingerprint density at radius 1 is 1.15 bits per heavy atom. The van der Waals surface area contributed by atoms with Gasteiger partial charge in [0.2, 0.25) is 0 Å². The Balaban J connectivity index is 2.05. The van der Waals surface area contributed by atoms with E-state index in [2.05, 4.69) is 34.2 Å². The number of quaternary nitrogens is 1. The fourth-order valence-corrected chi connectivity index (χ4v) is 3.51. The van der Waals surface area contributed by atoms with E-state index < -0.39 is 0 Å². The lowest BCUT2D eigenvalue weighted by atomic mass is 9.86. The Labute approximate surface area is 130 Å². The molecule has 3 nitrogen and oxygen atoms in total. The van der Waals surface area contributed by atoms with Crippen LogP contribution in [0.1, 0.15) is 38.2 Å². The van der Waals surface area contributed by atoms with Gasteiger partial charge >= 0.3 is 0 Å². The number of benzene rings is 1. The first kappa shape index (κ1) is 15.6. The second-order valence-electron chi connectivity index (χ2n) is 5.66. The highest BCUT2D eigenvalue weighted by atomic mass is 79.9. The Morgan fingerprint density at radius 2 is 1.80 bits per heavy atom. The summed E-state index contributed by atoms with van der Waals surface area (Å²) in [5.41, 5.74) is 1.26. The summed E-state index contributed by atoms with van der Waals surface area (Å²) in [4.78, 5) is 0. The molecule has 2 atom stereocenters. The van der Waals surface area contributed by atoms with E-state index >= 15 is 0 Å². The molecule has 1 aromatic rings. The van der Waals surface area contributed by atoms with E-state index in [0.29, 0.717) is 0 Å². The van der Waals surface area contributed by atoms with Crippen molar-refractivity contribution >= 4 is 15.9 Å². The molecule has 1 fully saturated rings. The molecule has 1 aliphatic carbocycles. The highest BCUT2D eigenvalue weighted by Crippen LogP contribution is 2.33. The van der Waals surface area contributed by atoms with Gasteiger partial charge in [-0.2, -0.15) is 0 Å². The van der Waals surface area contributed by atoms with Gasteiger partial charge in [0, 0.05) is 16.0 Å². The lowest BCUT2D eigenvalue weighted by molar-refractivity contribution is -0.712. The molecule has 2 N–H and O–H groups in total. The van der Waals surface area contributed by atoms with Crippen LogP contribution in [0.3, 0.4) is 0 Å². The maximum atomic E-state index is 5.39. The summed E-state index contributed by atoms with van der Waals surface area (Å²) in [7, 11) is 3.35. The first-order valence-electron chi connectivity index (χ1n) is 7.39. The first-order chi connectivity index (χ1) is 9.65. The molecule has 0 aliphatic heterocycles. The number of methoxy groups -OCH3 is 2. The van der Waals surface area contributed by atoms with Gasteiger partial charge in [-0.3, -0.25) is 0 Å². The summed E-state index contributed by atoms with van der Waals surface area (Å²) in [6.45, 7) is 3.36. The Hall–Kier alpha value is -0.740. The largest absolute Gasteiger partial charge is 0.493 e. The van der Waals surface area contributed by atoms with Gasteiger partial charge in [0.25, 0.3) is 0 Å². The molecule has 112 valence electrons. The Bertz CT molecular complexity index is 450. The molecule has 0 heterocycles. The van der Waals surface area contributed by atoms with E-state index in [-0.39, 0.29) is 0 Å². The third-order valence-electron chi connectivity index (χ3n) is 4.37. The van der Waals surface area contributed by atoms with Gasteiger partial charge in [-0.25, -0.2) is 0 Å². The molecule has 20 heavy (non-hydrogen) atoms. The summed E-state index contributed by atoms with van der Waals surface area (Å²) in [6.07, 6.45) is 5.48. The van der Waals surface area contributed by atoms with Crippen molar-refractivity contribution in [1.29, 1.82) is 0 Å². The summed E-state index contributed by atoms with van der Waals surface area (Å²) >= 11 is 3.64. The molecular formula is C16H25BrNO2+. The maximum absolute atomic E-state index is 5.39. The quantitative estimate of drug-likeness (QED) is 0.892. The van der Waals surface area contributed by atoms with Crippen LogP contribution >= 0.6 is 15.9 Å². The molecule has 0 aromatic heterocycles. The number of hydrogen-bond acceptors (Lipinski definition) is 2. The van der Waals surface area contributed by atoms with E-state index in [9.17, 15) is 0 Å². The van der Waals surface area contributed by atoms with Crippen LogP contribution in [0.25, 0.3) is 0 Å². The summed E-state index contributed by atoms with van der Waals surface area (Å²) in [5.74, 6) is 2.40. The lowest BCUT2D eigenvalue weighted by Crippen LogP contribution is -2.90. The zero-order valence-corrected chi connectivity index (χ0v) is 14.2. The molecule has 0 amide bonds. The predicted octanol–water partition coefficient (Wildman–Crippen LogP) is 3.11. The molecule has 1 aromatic carbocycles. The average Bonchev–Trinajstić information content (AvgIpc) is 2.47. The monoisotopic (exact) mass is 342 g/mol. The number of hydrogen-bond donors (Lipinski definition) is 1. The van der Waals surface area contributed by atoms with E-state index in [4.69, 9.17) is 9.47 Å². The number of ether oxygens (including phenoxy) is 2. The van der Waals surface area contributed by atoms with Crippen molar-refractivity contribution < 1.29 is 14.8 Å². The summed E-state index contributed by atoms with van der Waals surface area (Å²) in [6, 6.07) is 4.82. The second-order valence-corrected chi connectivity index (χ2v) is 6.52. The normalized spacial score (nSPS) is 22.6. The van der Waals surface area contributed by atoms with Crippen LogP contribution in [0.4, 0.5) is 0 Å². The van der Waals surface area contributed by atoms with Crippen molar-refractivity contribution in [3.8, 4) is 11.5 Å². The van der Waals surface area contributed by atoms with Crippen molar-refractivity contribution in [1.82, 2.24) is 0 Å². The molecule has 1 saturated carbocycles. The third-order valence-corrected chi connectivity index (χ3v) is 5.11. The molecule has 0 radical (unpaired) electrons. The van der Waals surface area contributed by atoms with E-state index in [0.717, 1.165) is 34.5 Å². The molecule has 0 unspecified atom stereocenters. The van der Waals surface area contributed by atoms with Crippen LogP contribution in [-0.4, -0.2) is 20.3 Å². The van der Waals surface area contributed by atoms with Gasteiger partial charge in [-0.1, -0.05) is 29.3 Å². The fourth-order valence-electron chi connectivity index (χ4n) is 3.03. The molecular weight excluding hydrogens is 318 g/mol. The predicted molar refractivity (Wildman–Crippen MR) is 84.3 cm³/mol. The van der Waals surface area contributed by atoms with Gasteiger partial charge < -0.3 is 14.8 Å². The maximum Gasteiger partial charge on any atom is 0.161 e. The molecule has 1 aliphatic rings. The van der Waals surface area contributed by atoms with Crippen molar-refractivity contribution in [2.24, 2.45) is 5.92 Å². The zero-order valence-electron chi connectivity index (χ0n) is 12.6. The van der Waals surface area contributed by atoms with Crippen molar-refractivity contribution in [2.45, 2.75) is 45.2 Å². The SMILES string of the molecule is COc1cc(Br)c(C[NH2+][C@H]2CCCC[C@H]2C)cc1OC. The molecule has 0 bridgehead atoms. The number of rotatable bonds is 5. The van der Waals surface area contributed by atoms with Gasteiger partial charge in [-0.05, 0) is 31.4 Å². The standard InChI is InChI=1S/C16H24BrNO2/c1-11-6-4-5-7-14(11)18-10-12-8-15(19-2)16(20-3)9-13(12)17/h8-9,11,14,18H,4-7,10H2,1-3H3/p+1/t11-,14+/m1/s1. The zero-order chi connectivity index (χ0) is 14.5. The Kier molecular flexibility index (Phi) is 5.73. The first-order valence-corrected chi connectivity index (χ1v) is 8.18. The minimum absolute atomic E-state index is 0.753. The molecule has 4 heteroatoms. The number of nitrogens with two attached hydrogens (primary N) is 1. The van der Waals surface area contributed by atoms with Crippen LogP contribution in [0.2, 0.25) is 0 Å². The van der Waals surface area contributed by atoms with Crippen molar-refractivity contribution in [2.75, 3.05) is 14.2 Å². The topological polar surface area (TPSA) is 35.1 Å². The van der Waals surface area contributed by atoms with Crippen LogP contribution in [0.5, 0.6) is 11.5 Å².